The second-order valence-corrected chi connectivity index (χ2v) is 6.40. The summed E-state index contributed by atoms with van der Waals surface area (Å²) in [7, 11) is 0. The van der Waals surface area contributed by atoms with E-state index in [1.807, 2.05) is 13.0 Å². The third-order valence-corrected chi connectivity index (χ3v) is 4.14. The Morgan fingerprint density at radius 2 is 1.88 bits per heavy atom. The third-order valence-electron chi connectivity index (χ3n) is 4.14. The van der Waals surface area contributed by atoms with Gasteiger partial charge in [-0.05, 0) is 50.2 Å². The van der Waals surface area contributed by atoms with Gasteiger partial charge in [0.1, 0.15) is 0 Å². The van der Waals surface area contributed by atoms with Gasteiger partial charge in [0.15, 0.2) is 5.96 Å². The summed E-state index contributed by atoms with van der Waals surface area (Å²) in [6.07, 6.45) is 3.69. The number of guanidine groups is 1. The highest BCUT2D eigenvalue weighted by Gasteiger charge is 2.20. The van der Waals surface area contributed by atoms with Crippen molar-refractivity contribution < 1.29 is 9.47 Å². The molecule has 0 aromatic heterocycles. The second-order valence-electron chi connectivity index (χ2n) is 6.40. The molecule has 1 aromatic carbocycles. The largest absolute Gasteiger partial charge is 0.381 e. The quantitative estimate of drug-likeness (QED) is 0.210. The molecule has 0 heterocycles. The van der Waals surface area contributed by atoms with Gasteiger partial charge in [-0.2, -0.15) is 0 Å². The van der Waals surface area contributed by atoms with E-state index in [-0.39, 0.29) is 24.0 Å². The normalized spacial score (nSPS) is 14.0. The molecule has 2 N–H and O–H groups in total. The zero-order valence-electron chi connectivity index (χ0n) is 16.1. The molecule has 0 amide bonds. The van der Waals surface area contributed by atoms with Crippen molar-refractivity contribution in [3.8, 4) is 0 Å². The summed E-state index contributed by atoms with van der Waals surface area (Å²) in [5, 5.41) is 6.69. The first-order chi connectivity index (χ1) is 12.3. The Kier molecular flexibility index (Phi) is 12.7. The van der Waals surface area contributed by atoms with Gasteiger partial charge in [0.25, 0.3) is 0 Å². The number of ether oxygens (including phenoxy) is 2. The number of benzene rings is 1. The van der Waals surface area contributed by atoms with Crippen LogP contribution in [0.25, 0.3) is 0 Å². The summed E-state index contributed by atoms with van der Waals surface area (Å²) in [4.78, 5) is 4.71. The monoisotopic (exact) mass is 475 g/mol. The minimum Gasteiger partial charge on any atom is -0.381 e. The molecule has 1 aliphatic carbocycles. The Labute approximate surface area is 175 Å². The van der Waals surface area contributed by atoms with Crippen LogP contribution in [-0.2, 0) is 22.6 Å². The van der Waals surface area contributed by atoms with Gasteiger partial charge in [0.05, 0.1) is 13.2 Å². The van der Waals surface area contributed by atoms with E-state index in [4.69, 9.17) is 14.5 Å². The average molecular weight is 475 g/mol. The van der Waals surface area contributed by atoms with Crippen LogP contribution in [-0.4, -0.2) is 38.9 Å². The van der Waals surface area contributed by atoms with Crippen LogP contribution in [0.5, 0.6) is 0 Å². The van der Waals surface area contributed by atoms with Crippen molar-refractivity contribution >= 4 is 29.9 Å². The van der Waals surface area contributed by atoms with Crippen LogP contribution in [0.15, 0.2) is 29.3 Å². The van der Waals surface area contributed by atoms with Gasteiger partial charge in [-0.1, -0.05) is 24.3 Å². The van der Waals surface area contributed by atoms with Gasteiger partial charge in [-0.3, -0.25) is 0 Å². The first-order valence-electron chi connectivity index (χ1n) is 9.58. The summed E-state index contributed by atoms with van der Waals surface area (Å²) >= 11 is 0. The zero-order valence-corrected chi connectivity index (χ0v) is 18.5. The number of nitrogens with zero attached hydrogens (tertiary/aromatic N) is 1. The minimum absolute atomic E-state index is 0. The van der Waals surface area contributed by atoms with Gasteiger partial charge >= 0.3 is 0 Å². The lowest BCUT2D eigenvalue weighted by Crippen LogP contribution is -2.38. The number of rotatable bonds is 12. The molecule has 2 rings (SSSR count). The van der Waals surface area contributed by atoms with Crippen molar-refractivity contribution in [3.63, 3.8) is 0 Å². The second kappa shape index (κ2) is 14.2. The van der Waals surface area contributed by atoms with Crippen molar-refractivity contribution in [1.82, 2.24) is 10.6 Å². The van der Waals surface area contributed by atoms with E-state index in [2.05, 4.69) is 35.8 Å². The molecule has 1 fully saturated rings. The van der Waals surface area contributed by atoms with E-state index in [1.165, 1.54) is 24.0 Å². The molecule has 6 heteroatoms. The lowest BCUT2D eigenvalue weighted by atomic mass is 10.1. The van der Waals surface area contributed by atoms with Crippen LogP contribution in [0.1, 0.15) is 44.2 Å². The van der Waals surface area contributed by atoms with Crippen LogP contribution >= 0.6 is 24.0 Å². The third kappa shape index (κ3) is 9.73. The predicted molar refractivity (Wildman–Crippen MR) is 118 cm³/mol. The van der Waals surface area contributed by atoms with Gasteiger partial charge in [-0.25, -0.2) is 4.99 Å². The zero-order chi connectivity index (χ0) is 17.7. The van der Waals surface area contributed by atoms with Gasteiger partial charge in [0, 0.05) is 32.9 Å². The first-order valence-corrected chi connectivity index (χ1v) is 9.58. The van der Waals surface area contributed by atoms with Crippen molar-refractivity contribution in [2.24, 2.45) is 10.9 Å². The van der Waals surface area contributed by atoms with Crippen LogP contribution in [0.4, 0.5) is 0 Å². The van der Waals surface area contributed by atoms with E-state index in [1.54, 1.807) is 0 Å². The summed E-state index contributed by atoms with van der Waals surface area (Å²) < 4.78 is 11.2. The summed E-state index contributed by atoms with van der Waals surface area (Å²) in [6, 6.07) is 8.33. The fraction of sp³-hybridized carbons (Fsp3) is 0.650. The van der Waals surface area contributed by atoms with Gasteiger partial charge in [-0.15, -0.1) is 24.0 Å². The van der Waals surface area contributed by atoms with Crippen molar-refractivity contribution in [2.75, 3.05) is 32.9 Å². The number of hydrogen-bond acceptors (Lipinski definition) is 3. The molecule has 0 unspecified atom stereocenters. The fourth-order valence-corrected chi connectivity index (χ4v) is 2.49. The van der Waals surface area contributed by atoms with Gasteiger partial charge in [0.2, 0.25) is 0 Å². The van der Waals surface area contributed by atoms with Crippen molar-refractivity contribution in [3.05, 3.63) is 35.4 Å². The number of hydrogen-bond donors (Lipinski definition) is 2. The minimum atomic E-state index is 0. The maximum Gasteiger partial charge on any atom is 0.191 e. The molecule has 0 spiro atoms. The lowest BCUT2D eigenvalue weighted by Gasteiger charge is -2.12. The predicted octanol–water partition coefficient (Wildman–Crippen LogP) is 3.71. The highest BCUT2D eigenvalue weighted by Crippen LogP contribution is 2.28. The lowest BCUT2D eigenvalue weighted by molar-refractivity contribution is 0.123. The Morgan fingerprint density at radius 3 is 2.58 bits per heavy atom. The van der Waals surface area contributed by atoms with Crippen LogP contribution in [0, 0.1) is 5.92 Å². The van der Waals surface area contributed by atoms with Crippen LogP contribution < -0.4 is 10.6 Å². The molecule has 0 atom stereocenters. The molecule has 0 radical (unpaired) electrons. The molecule has 148 valence electrons. The maximum atomic E-state index is 5.67. The Hall–Kier alpha value is -0.860. The Balaban J connectivity index is 0.00000338. The highest BCUT2D eigenvalue weighted by molar-refractivity contribution is 14.0. The summed E-state index contributed by atoms with van der Waals surface area (Å²) in [6.45, 7) is 9.60. The molecule has 5 nitrogen and oxygen atoms in total. The molecule has 0 bridgehead atoms. The van der Waals surface area contributed by atoms with E-state index >= 15 is 0 Å². The molecule has 0 aliphatic heterocycles. The summed E-state index contributed by atoms with van der Waals surface area (Å²) in [5.74, 6) is 1.69. The van der Waals surface area contributed by atoms with E-state index in [0.717, 1.165) is 51.2 Å². The van der Waals surface area contributed by atoms with E-state index < -0.39 is 0 Å². The number of nitrogens with one attached hydrogen (secondary N) is 2. The van der Waals surface area contributed by atoms with Crippen molar-refractivity contribution in [2.45, 2.75) is 46.3 Å². The molecule has 1 aromatic rings. The molecular weight excluding hydrogens is 441 g/mol. The van der Waals surface area contributed by atoms with E-state index in [9.17, 15) is 0 Å². The fourth-order valence-electron chi connectivity index (χ4n) is 2.49. The molecular formula is C20H34IN3O2. The first kappa shape index (κ1) is 23.2. The van der Waals surface area contributed by atoms with Gasteiger partial charge < -0.3 is 20.1 Å². The topological polar surface area (TPSA) is 54.9 Å². The SMILES string of the molecule is CCNC(=NCc1ccccc1COCC)NCCCOCC1CC1.I. The maximum absolute atomic E-state index is 5.67. The van der Waals surface area contributed by atoms with Crippen LogP contribution in [0.2, 0.25) is 0 Å². The van der Waals surface area contributed by atoms with Crippen molar-refractivity contribution in [1.29, 1.82) is 0 Å². The molecule has 1 saturated carbocycles. The molecule has 0 saturated heterocycles. The van der Waals surface area contributed by atoms with Crippen LogP contribution in [0.3, 0.4) is 0 Å². The smallest absolute Gasteiger partial charge is 0.191 e. The standard InChI is InChI=1S/C20H33N3O2.HI/c1-3-21-20(22-12-7-13-25-15-17-10-11-17)23-14-18-8-5-6-9-19(18)16-24-4-2;/h5-6,8-9,17H,3-4,7,10-16H2,1-2H3,(H2,21,22,23);1H. The Bertz CT molecular complexity index is 522. The number of aliphatic imine (C=N–C) groups is 1. The highest BCUT2D eigenvalue weighted by atomic mass is 127. The Morgan fingerprint density at radius 1 is 1.12 bits per heavy atom. The summed E-state index contributed by atoms with van der Waals surface area (Å²) in [5.41, 5.74) is 2.42. The average Bonchev–Trinajstić information content (AvgIpc) is 3.45. The molecule has 1 aliphatic rings. The number of halogens is 1. The van der Waals surface area contributed by atoms with E-state index in [0.29, 0.717) is 13.2 Å². The molecule has 26 heavy (non-hydrogen) atoms.